The van der Waals surface area contributed by atoms with E-state index in [9.17, 15) is 4.79 Å². The highest BCUT2D eigenvalue weighted by Gasteiger charge is 2.12. The molecule has 0 unspecified atom stereocenters. The van der Waals surface area contributed by atoms with Crippen molar-refractivity contribution in [3.8, 4) is 0 Å². The molecule has 3 rings (SSSR count). The minimum atomic E-state index is -0.207. The van der Waals surface area contributed by atoms with Crippen molar-refractivity contribution in [2.45, 2.75) is 6.54 Å². The Kier molecular flexibility index (Phi) is 3.46. The number of nitrogens with zero attached hydrogens (tertiary/aromatic N) is 4. The number of carbonyl (C=O) groups is 1. The third kappa shape index (κ3) is 2.66. The first-order valence-corrected chi connectivity index (χ1v) is 6.47. The van der Waals surface area contributed by atoms with Gasteiger partial charge in [0.2, 0.25) is 0 Å². The Bertz CT molecular complexity index is 767. The SMILES string of the molecule is CNC(=O)c1cnn2ccc(NCc3cccnc3)nc12. The lowest BCUT2D eigenvalue weighted by Gasteiger charge is -2.06. The zero-order chi connectivity index (χ0) is 14.7. The normalized spacial score (nSPS) is 10.5. The van der Waals surface area contributed by atoms with E-state index in [0.717, 1.165) is 5.56 Å². The molecule has 7 nitrogen and oxygen atoms in total. The summed E-state index contributed by atoms with van der Waals surface area (Å²) in [5.74, 6) is 0.471. The second-order valence-corrected chi connectivity index (χ2v) is 4.43. The first-order chi connectivity index (χ1) is 10.3. The molecule has 0 aliphatic rings. The van der Waals surface area contributed by atoms with Crippen LogP contribution in [0.1, 0.15) is 15.9 Å². The summed E-state index contributed by atoms with van der Waals surface area (Å²) in [5.41, 5.74) is 2.02. The van der Waals surface area contributed by atoms with Crippen molar-refractivity contribution in [2.75, 3.05) is 12.4 Å². The molecular formula is C14H14N6O. The average Bonchev–Trinajstić information content (AvgIpc) is 2.96. The van der Waals surface area contributed by atoms with Crippen LogP contribution in [-0.4, -0.2) is 32.5 Å². The van der Waals surface area contributed by atoms with Crippen molar-refractivity contribution in [1.82, 2.24) is 24.9 Å². The van der Waals surface area contributed by atoms with Crippen molar-refractivity contribution in [2.24, 2.45) is 0 Å². The summed E-state index contributed by atoms with van der Waals surface area (Å²) < 4.78 is 1.57. The summed E-state index contributed by atoms with van der Waals surface area (Å²) in [7, 11) is 1.58. The van der Waals surface area contributed by atoms with Crippen LogP contribution in [0.5, 0.6) is 0 Å². The van der Waals surface area contributed by atoms with Crippen LogP contribution in [-0.2, 0) is 6.54 Å². The molecule has 106 valence electrons. The molecule has 3 aromatic rings. The van der Waals surface area contributed by atoms with E-state index in [1.807, 2.05) is 18.2 Å². The van der Waals surface area contributed by atoms with Crippen LogP contribution < -0.4 is 10.6 Å². The van der Waals surface area contributed by atoms with Gasteiger partial charge < -0.3 is 10.6 Å². The molecule has 0 aliphatic heterocycles. The van der Waals surface area contributed by atoms with Crippen LogP contribution in [0, 0.1) is 0 Å². The smallest absolute Gasteiger partial charge is 0.256 e. The molecule has 0 atom stereocenters. The quantitative estimate of drug-likeness (QED) is 0.748. The number of anilines is 1. The van der Waals surface area contributed by atoms with Crippen LogP contribution in [0.15, 0.2) is 43.0 Å². The summed E-state index contributed by atoms with van der Waals surface area (Å²) in [6, 6.07) is 5.67. The summed E-state index contributed by atoms with van der Waals surface area (Å²) in [4.78, 5) is 20.2. The predicted molar refractivity (Wildman–Crippen MR) is 77.9 cm³/mol. The topological polar surface area (TPSA) is 84.2 Å². The van der Waals surface area contributed by atoms with E-state index < -0.39 is 0 Å². The van der Waals surface area contributed by atoms with Crippen molar-refractivity contribution in [3.05, 3.63) is 54.1 Å². The highest BCUT2D eigenvalue weighted by atomic mass is 16.1. The van der Waals surface area contributed by atoms with Gasteiger partial charge in [0, 0.05) is 32.2 Å². The molecule has 0 bridgehead atoms. The molecule has 21 heavy (non-hydrogen) atoms. The van der Waals surface area contributed by atoms with Gasteiger partial charge in [-0.2, -0.15) is 5.10 Å². The standard InChI is InChI=1S/C14H14N6O/c1-15-14(21)11-9-18-20-6-4-12(19-13(11)20)17-8-10-3-2-5-16-7-10/h2-7,9H,8H2,1H3,(H,15,21)(H,17,19). The Hall–Kier alpha value is -2.96. The first-order valence-electron chi connectivity index (χ1n) is 6.47. The maximum Gasteiger partial charge on any atom is 0.256 e. The molecule has 0 radical (unpaired) electrons. The number of amides is 1. The summed E-state index contributed by atoms with van der Waals surface area (Å²) in [5, 5.41) is 9.88. The van der Waals surface area contributed by atoms with Crippen molar-refractivity contribution in [1.29, 1.82) is 0 Å². The lowest BCUT2D eigenvalue weighted by atomic mass is 10.3. The number of carbonyl (C=O) groups excluding carboxylic acids is 1. The highest BCUT2D eigenvalue weighted by Crippen LogP contribution is 2.12. The summed E-state index contributed by atoms with van der Waals surface area (Å²) in [6.07, 6.45) is 6.79. The van der Waals surface area contributed by atoms with Crippen LogP contribution >= 0.6 is 0 Å². The molecule has 2 N–H and O–H groups in total. The Morgan fingerprint density at radius 3 is 3.00 bits per heavy atom. The van der Waals surface area contributed by atoms with Gasteiger partial charge in [-0.25, -0.2) is 9.50 Å². The Labute approximate surface area is 121 Å². The fourth-order valence-electron chi connectivity index (χ4n) is 1.96. The molecule has 0 aromatic carbocycles. The molecule has 3 heterocycles. The van der Waals surface area contributed by atoms with E-state index in [1.165, 1.54) is 6.20 Å². The van der Waals surface area contributed by atoms with Gasteiger partial charge in [0.25, 0.3) is 5.91 Å². The zero-order valence-electron chi connectivity index (χ0n) is 11.4. The monoisotopic (exact) mass is 282 g/mol. The maximum absolute atomic E-state index is 11.7. The minimum Gasteiger partial charge on any atom is -0.366 e. The highest BCUT2D eigenvalue weighted by molar-refractivity contribution is 5.99. The van der Waals surface area contributed by atoms with E-state index in [1.54, 1.807) is 30.2 Å². The van der Waals surface area contributed by atoms with Gasteiger partial charge in [0.15, 0.2) is 5.65 Å². The number of fused-ring (bicyclic) bond motifs is 1. The zero-order valence-corrected chi connectivity index (χ0v) is 11.4. The number of rotatable bonds is 4. The second kappa shape index (κ2) is 5.58. The number of aromatic nitrogens is 4. The van der Waals surface area contributed by atoms with Crippen LogP contribution in [0.2, 0.25) is 0 Å². The lowest BCUT2D eigenvalue weighted by Crippen LogP contribution is -2.17. The molecular weight excluding hydrogens is 268 g/mol. The van der Waals surface area contributed by atoms with Crippen molar-refractivity contribution >= 4 is 17.4 Å². The average molecular weight is 282 g/mol. The second-order valence-electron chi connectivity index (χ2n) is 4.43. The molecule has 1 amide bonds. The molecule has 0 aliphatic carbocycles. The van der Waals surface area contributed by atoms with Gasteiger partial charge in [-0.15, -0.1) is 0 Å². The Morgan fingerprint density at radius 1 is 1.33 bits per heavy atom. The minimum absolute atomic E-state index is 0.207. The van der Waals surface area contributed by atoms with E-state index in [4.69, 9.17) is 0 Å². The summed E-state index contributed by atoms with van der Waals surface area (Å²) >= 11 is 0. The largest absolute Gasteiger partial charge is 0.366 e. The fourth-order valence-corrected chi connectivity index (χ4v) is 1.96. The lowest BCUT2D eigenvalue weighted by molar-refractivity contribution is 0.0964. The first kappa shape index (κ1) is 13.0. The number of pyridine rings is 1. The maximum atomic E-state index is 11.7. The number of nitrogens with one attached hydrogen (secondary N) is 2. The van der Waals surface area contributed by atoms with Gasteiger partial charge in [-0.05, 0) is 17.7 Å². The van der Waals surface area contributed by atoms with Crippen LogP contribution in [0.3, 0.4) is 0 Å². The number of hydrogen-bond acceptors (Lipinski definition) is 5. The predicted octanol–water partition coefficient (Wildman–Crippen LogP) is 1.10. The number of hydrogen-bond donors (Lipinski definition) is 2. The molecule has 0 saturated carbocycles. The van der Waals surface area contributed by atoms with E-state index in [-0.39, 0.29) is 5.91 Å². The molecule has 0 saturated heterocycles. The molecule has 3 aromatic heterocycles. The fraction of sp³-hybridized carbons (Fsp3) is 0.143. The van der Waals surface area contributed by atoms with Gasteiger partial charge >= 0.3 is 0 Å². The molecule has 0 fully saturated rings. The van der Waals surface area contributed by atoms with E-state index >= 15 is 0 Å². The summed E-state index contributed by atoms with van der Waals surface area (Å²) in [6.45, 7) is 0.612. The van der Waals surface area contributed by atoms with Gasteiger partial charge in [0.05, 0.1) is 6.20 Å². The van der Waals surface area contributed by atoms with Gasteiger partial charge in [-0.3, -0.25) is 9.78 Å². The van der Waals surface area contributed by atoms with Crippen LogP contribution in [0.25, 0.3) is 5.65 Å². The molecule has 0 spiro atoms. The van der Waals surface area contributed by atoms with Gasteiger partial charge in [-0.1, -0.05) is 6.07 Å². The Balaban J connectivity index is 1.84. The van der Waals surface area contributed by atoms with E-state index in [0.29, 0.717) is 23.6 Å². The molecule has 7 heteroatoms. The third-order valence-electron chi connectivity index (χ3n) is 3.04. The van der Waals surface area contributed by atoms with E-state index in [2.05, 4.69) is 25.7 Å². The van der Waals surface area contributed by atoms with Crippen molar-refractivity contribution in [3.63, 3.8) is 0 Å². The van der Waals surface area contributed by atoms with Gasteiger partial charge in [0.1, 0.15) is 11.4 Å². The Morgan fingerprint density at radius 2 is 2.24 bits per heavy atom. The third-order valence-corrected chi connectivity index (χ3v) is 3.04. The van der Waals surface area contributed by atoms with Crippen molar-refractivity contribution < 1.29 is 4.79 Å². The van der Waals surface area contributed by atoms with Crippen LogP contribution in [0.4, 0.5) is 5.82 Å².